The lowest BCUT2D eigenvalue weighted by molar-refractivity contribution is -0.117. The first-order valence-electron chi connectivity index (χ1n) is 9.64. The van der Waals surface area contributed by atoms with Gasteiger partial charge in [-0.3, -0.25) is 14.6 Å². The van der Waals surface area contributed by atoms with Crippen molar-refractivity contribution in [3.8, 4) is 5.75 Å². The molecule has 8 heteroatoms. The van der Waals surface area contributed by atoms with Gasteiger partial charge in [0.15, 0.2) is 5.13 Å². The fourth-order valence-corrected chi connectivity index (χ4v) is 4.29. The molecule has 3 aromatic rings. The summed E-state index contributed by atoms with van der Waals surface area (Å²) in [6, 6.07) is 15.3. The van der Waals surface area contributed by atoms with Crippen molar-refractivity contribution in [2.45, 2.75) is 0 Å². The number of anilines is 1. The topological polar surface area (TPSA) is 57.7 Å². The number of thiazole rings is 1. The molecule has 1 aliphatic heterocycles. The third kappa shape index (κ3) is 5.67. The number of benzene rings is 2. The van der Waals surface area contributed by atoms with Gasteiger partial charge in [0, 0.05) is 37.7 Å². The average Bonchev–Trinajstić information content (AvgIpc) is 3.13. The predicted octanol–water partition coefficient (Wildman–Crippen LogP) is 3.58. The normalized spacial score (nSPS) is 15.5. The highest BCUT2D eigenvalue weighted by Crippen LogP contribution is 2.25. The molecule has 1 amide bonds. The minimum absolute atomic E-state index is 0.0106. The van der Waals surface area contributed by atoms with Crippen LogP contribution >= 0.6 is 22.9 Å². The molecule has 1 aromatic heterocycles. The molecule has 1 N–H and O–H groups in total. The van der Waals surface area contributed by atoms with E-state index in [2.05, 4.69) is 20.1 Å². The summed E-state index contributed by atoms with van der Waals surface area (Å²) in [6.45, 7) is 5.50. The van der Waals surface area contributed by atoms with Gasteiger partial charge in [-0.05, 0) is 36.4 Å². The van der Waals surface area contributed by atoms with E-state index < -0.39 is 0 Å². The Labute approximate surface area is 179 Å². The largest absolute Gasteiger partial charge is 0.492 e. The van der Waals surface area contributed by atoms with Gasteiger partial charge in [-0.25, -0.2) is 4.98 Å². The zero-order valence-electron chi connectivity index (χ0n) is 16.0. The van der Waals surface area contributed by atoms with Gasteiger partial charge in [0.25, 0.3) is 0 Å². The number of piperazine rings is 1. The Kier molecular flexibility index (Phi) is 6.61. The second-order valence-corrected chi connectivity index (χ2v) is 8.42. The van der Waals surface area contributed by atoms with Crippen molar-refractivity contribution >= 4 is 44.2 Å². The van der Waals surface area contributed by atoms with Crippen LogP contribution in [0.5, 0.6) is 5.75 Å². The molecule has 0 spiro atoms. The Morgan fingerprint density at radius 3 is 2.55 bits per heavy atom. The summed E-state index contributed by atoms with van der Waals surface area (Å²) >= 11 is 7.39. The highest BCUT2D eigenvalue weighted by atomic mass is 35.5. The van der Waals surface area contributed by atoms with E-state index in [0.29, 0.717) is 23.3 Å². The second-order valence-electron chi connectivity index (χ2n) is 6.96. The molecule has 0 atom stereocenters. The number of carbonyl (C=O) groups is 1. The van der Waals surface area contributed by atoms with Crippen LogP contribution in [0.4, 0.5) is 5.13 Å². The van der Waals surface area contributed by atoms with Crippen molar-refractivity contribution in [2.24, 2.45) is 0 Å². The number of nitrogens with one attached hydrogen (secondary N) is 1. The van der Waals surface area contributed by atoms with Gasteiger partial charge in [0.1, 0.15) is 12.4 Å². The Balaban J connectivity index is 1.16. The van der Waals surface area contributed by atoms with Crippen LogP contribution in [0.1, 0.15) is 0 Å². The number of rotatable bonds is 7. The van der Waals surface area contributed by atoms with E-state index in [1.165, 1.54) is 11.3 Å². The van der Waals surface area contributed by atoms with Gasteiger partial charge >= 0.3 is 0 Å². The summed E-state index contributed by atoms with van der Waals surface area (Å²) in [7, 11) is 0. The van der Waals surface area contributed by atoms with Gasteiger partial charge in [0.2, 0.25) is 5.91 Å². The van der Waals surface area contributed by atoms with E-state index in [0.717, 1.165) is 48.7 Å². The maximum absolute atomic E-state index is 12.4. The van der Waals surface area contributed by atoms with E-state index in [4.69, 9.17) is 16.3 Å². The third-order valence-corrected chi connectivity index (χ3v) is 6.07. The summed E-state index contributed by atoms with van der Waals surface area (Å²) in [5.41, 5.74) is 0.919. The zero-order valence-corrected chi connectivity index (χ0v) is 17.6. The summed E-state index contributed by atoms with van der Waals surface area (Å²) in [5, 5.41) is 4.30. The van der Waals surface area contributed by atoms with Crippen LogP contribution in [0.15, 0.2) is 48.5 Å². The molecule has 6 nitrogen and oxygen atoms in total. The van der Waals surface area contributed by atoms with Crippen LogP contribution in [0.2, 0.25) is 5.02 Å². The first-order chi connectivity index (χ1) is 14.2. The molecule has 4 rings (SSSR count). The number of aromatic nitrogens is 1. The summed E-state index contributed by atoms with van der Waals surface area (Å²) in [5.74, 6) is 0.822. The number of halogens is 1. The van der Waals surface area contributed by atoms with E-state index in [1.54, 1.807) is 0 Å². The van der Waals surface area contributed by atoms with E-state index in [9.17, 15) is 4.79 Å². The van der Waals surface area contributed by atoms with Gasteiger partial charge < -0.3 is 10.1 Å². The molecule has 0 saturated carbocycles. The maximum atomic E-state index is 12.4. The third-order valence-electron chi connectivity index (χ3n) is 4.86. The SMILES string of the molecule is O=C(CN1CCN(CCOc2ccc(Cl)cc2)CC1)Nc1nc2ccccc2s1. The summed E-state index contributed by atoms with van der Waals surface area (Å²) < 4.78 is 6.84. The maximum Gasteiger partial charge on any atom is 0.240 e. The standard InChI is InChI=1S/C21H23ClN4O2S/c22-16-5-7-17(8-6-16)28-14-13-25-9-11-26(12-10-25)15-20(27)24-21-23-18-3-1-2-4-19(18)29-21/h1-8H,9-15H2,(H,23,24,27). The molecule has 1 fully saturated rings. The lowest BCUT2D eigenvalue weighted by atomic mass is 10.3. The molecule has 0 radical (unpaired) electrons. The van der Waals surface area contributed by atoms with Crippen LogP contribution < -0.4 is 10.1 Å². The second kappa shape index (κ2) is 9.54. The molecule has 1 aliphatic rings. The fourth-order valence-electron chi connectivity index (χ4n) is 3.28. The van der Waals surface area contributed by atoms with E-state index in [-0.39, 0.29) is 5.91 Å². The highest BCUT2D eigenvalue weighted by molar-refractivity contribution is 7.22. The number of nitrogens with zero attached hydrogens (tertiary/aromatic N) is 3. The Morgan fingerprint density at radius 1 is 1.07 bits per heavy atom. The Morgan fingerprint density at radius 2 is 1.79 bits per heavy atom. The van der Waals surface area contributed by atoms with Crippen molar-refractivity contribution < 1.29 is 9.53 Å². The Bertz CT molecular complexity index is 922. The number of fused-ring (bicyclic) bond motifs is 1. The Hall–Kier alpha value is -2.19. The monoisotopic (exact) mass is 430 g/mol. The molecule has 0 unspecified atom stereocenters. The average molecular weight is 431 g/mol. The van der Waals surface area contributed by atoms with Gasteiger partial charge in [-0.1, -0.05) is 35.1 Å². The molecule has 29 heavy (non-hydrogen) atoms. The minimum atomic E-state index is -0.0106. The quantitative estimate of drug-likeness (QED) is 0.620. The predicted molar refractivity (Wildman–Crippen MR) is 118 cm³/mol. The first-order valence-corrected chi connectivity index (χ1v) is 10.8. The molecule has 1 saturated heterocycles. The van der Waals surface area contributed by atoms with Crippen LogP contribution in [0, 0.1) is 0 Å². The summed E-state index contributed by atoms with van der Waals surface area (Å²) in [6.07, 6.45) is 0. The number of ether oxygens (including phenoxy) is 1. The minimum Gasteiger partial charge on any atom is -0.492 e. The molecule has 2 heterocycles. The van der Waals surface area contributed by atoms with Gasteiger partial charge in [-0.15, -0.1) is 0 Å². The van der Waals surface area contributed by atoms with Crippen molar-refractivity contribution in [3.63, 3.8) is 0 Å². The number of carbonyl (C=O) groups excluding carboxylic acids is 1. The van der Waals surface area contributed by atoms with Crippen LogP contribution in [-0.4, -0.2) is 66.6 Å². The number of hydrogen-bond donors (Lipinski definition) is 1. The van der Waals surface area contributed by atoms with Crippen LogP contribution in [-0.2, 0) is 4.79 Å². The molecule has 2 aromatic carbocycles. The number of para-hydroxylation sites is 1. The molecular formula is C21H23ClN4O2S. The number of amides is 1. The van der Waals surface area contributed by atoms with Crippen molar-refractivity contribution in [2.75, 3.05) is 51.2 Å². The molecule has 0 bridgehead atoms. The highest BCUT2D eigenvalue weighted by Gasteiger charge is 2.19. The summed E-state index contributed by atoms with van der Waals surface area (Å²) in [4.78, 5) is 21.4. The smallest absolute Gasteiger partial charge is 0.240 e. The number of hydrogen-bond acceptors (Lipinski definition) is 6. The van der Waals surface area contributed by atoms with Crippen molar-refractivity contribution in [1.82, 2.24) is 14.8 Å². The lowest BCUT2D eigenvalue weighted by Gasteiger charge is -2.34. The van der Waals surface area contributed by atoms with Gasteiger partial charge in [0.05, 0.1) is 16.8 Å². The molecular weight excluding hydrogens is 408 g/mol. The van der Waals surface area contributed by atoms with Gasteiger partial charge in [-0.2, -0.15) is 0 Å². The first kappa shape index (κ1) is 20.1. The molecule has 152 valence electrons. The van der Waals surface area contributed by atoms with E-state index in [1.807, 2.05) is 48.5 Å². The van der Waals surface area contributed by atoms with Crippen LogP contribution in [0.25, 0.3) is 10.2 Å². The fraction of sp³-hybridized carbons (Fsp3) is 0.333. The van der Waals surface area contributed by atoms with Crippen molar-refractivity contribution in [3.05, 3.63) is 53.6 Å². The zero-order chi connectivity index (χ0) is 20.1. The van der Waals surface area contributed by atoms with Crippen LogP contribution in [0.3, 0.4) is 0 Å². The van der Waals surface area contributed by atoms with Crippen molar-refractivity contribution in [1.29, 1.82) is 0 Å². The lowest BCUT2D eigenvalue weighted by Crippen LogP contribution is -2.49. The van der Waals surface area contributed by atoms with E-state index >= 15 is 0 Å². The molecule has 0 aliphatic carbocycles.